The largest absolute Gasteiger partial charge is 0.444 e. The quantitative estimate of drug-likeness (QED) is 0.397. The van der Waals surface area contributed by atoms with Crippen LogP contribution in [0.3, 0.4) is 0 Å². The second-order valence-electron chi connectivity index (χ2n) is 11.5. The summed E-state index contributed by atoms with van der Waals surface area (Å²) in [5.41, 5.74) is 10.7. The molecule has 0 unspecified atom stereocenters. The van der Waals surface area contributed by atoms with Gasteiger partial charge < -0.3 is 20.7 Å². The number of likely N-dealkylation sites (tertiary alicyclic amines) is 1. The van der Waals surface area contributed by atoms with Crippen LogP contribution in [0.1, 0.15) is 44.7 Å². The van der Waals surface area contributed by atoms with Crippen molar-refractivity contribution < 1.29 is 22.3 Å². The van der Waals surface area contributed by atoms with Gasteiger partial charge in [0, 0.05) is 42.0 Å². The third-order valence-corrected chi connectivity index (χ3v) is 9.78. The van der Waals surface area contributed by atoms with Gasteiger partial charge in [0.25, 0.3) is 0 Å². The van der Waals surface area contributed by atoms with E-state index in [-0.39, 0.29) is 16.3 Å². The third kappa shape index (κ3) is 5.93. The molecule has 1 fully saturated rings. The number of benzene rings is 2. The number of anilines is 1. The van der Waals surface area contributed by atoms with Crippen LogP contribution in [-0.2, 0) is 21.0 Å². The SMILES string of the molecule is C=C1NCCc2cc(-c3cc(-c4ccc(S(=O)(=O)C5CCN(C(=O)OC(C)(C)C)CC5)cc4)c(F)nc3N)ccc21. The maximum absolute atomic E-state index is 15.0. The highest BCUT2D eigenvalue weighted by molar-refractivity contribution is 7.92. The molecule has 0 spiro atoms. The van der Waals surface area contributed by atoms with Crippen molar-refractivity contribution in [2.45, 2.75) is 55.8 Å². The molecule has 3 N–H and O–H groups in total. The number of ether oxygens (including phenoxy) is 1. The molecule has 216 valence electrons. The van der Waals surface area contributed by atoms with Crippen LogP contribution in [0.15, 0.2) is 60.0 Å². The van der Waals surface area contributed by atoms with Crippen LogP contribution in [-0.4, -0.2) is 54.9 Å². The van der Waals surface area contributed by atoms with Gasteiger partial charge in [0.1, 0.15) is 11.4 Å². The Hall–Kier alpha value is -3.92. The molecule has 0 saturated carbocycles. The zero-order chi connectivity index (χ0) is 29.5. The Kier molecular flexibility index (Phi) is 7.54. The first kappa shape index (κ1) is 28.6. The van der Waals surface area contributed by atoms with Crippen LogP contribution in [0.5, 0.6) is 0 Å². The van der Waals surface area contributed by atoms with Crippen molar-refractivity contribution in [3.63, 3.8) is 0 Å². The first-order valence-corrected chi connectivity index (χ1v) is 15.2. The number of fused-ring (bicyclic) bond motifs is 1. The van der Waals surface area contributed by atoms with Crippen LogP contribution in [0.2, 0.25) is 0 Å². The van der Waals surface area contributed by atoms with E-state index in [1.807, 2.05) is 18.2 Å². The standard InChI is InChI=1S/C31H35FN4O4S/c1-19-25-10-7-21(17-22(25)11-14-34-19)27-18-26(28(32)35-29(27)33)20-5-8-23(9-6-20)41(38,39)24-12-15-36(16-13-24)30(37)40-31(2,3)4/h5-10,17-18,24,34H,1,11-16H2,2-4H3,(H2,33,35). The number of piperidine rings is 1. The van der Waals surface area contributed by atoms with E-state index in [0.29, 0.717) is 37.1 Å². The topological polar surface area (TPSA) is 115 Å². The van der Waals surface area contributed by atoms with E-state index in [9.17, 15) is 13.2 Å². The monoisotopic (exact) mass is 578 g/mol. The van der Waals surface area contributed by atoms with Crippen molar-refractivity contribution in [2.75, 3.05) is 25.4 Å². The lowest BCUT2D eigenvalue weighted by molar-refractivity contribution is 0.0217. The van der Waals surface area contributed by atoms with Crippen molar-refractivity contribution >= 4 is 27.4 Å². The minimum Gasteiger partial charge on any atom is -0.444 e. The molecule has 0 aliphatic carbocycles. The predicted octanol–water partition coefficient (Wildman–Crippen LogP) is 5.43. The smallest absolute Gasteiger partial charge is 0.410 e. The molecule has 0 radical (unpaired) electrons. The third-order valence-electron chi connectivity index (χ3n) is 7.51. The van der Waals surface area contributed by atoms with Crippen molar-refractivity contribution in [2.24, 2.45) is 0 Å². The summed E-state index contributed by atoms with van der Waals surface area (Å²) in [4.78, 5) is 18.0. The molecule has 1 saturated heterocycles. The Bertz CT molecular complexity index is 1610. The van der Waals surface area contributed by atoms with Crippen LogP contribution in [0, 0.1) is 5.95 Å². The average Bonchev–Trinajstić information content (AvgIpc) is 2.92. The number of nitrogens with one attached hydrogen (secondary N) is 1. The lowest BCUT2D eigenvalue weighted by Gasteiger charge is -2.33. The number of aromatic nitrogens is 1. The number of amides is 1. The maximum atomic E-state index is 15.0. The summed E-state index contributed by atoms with van der Waals surface area (Å²) >= 11 is 0. The molecule has 0 bridgehead atoms. The molecule has 2 aliphatic rings. The van der Waals surface area contributed by atoms with Crippen LogP contribution in [0.25, 0.3) is 28.0 Å². The summed E-state index contributed by atoms with van der Waals surface area (Å²) in [6.45, 7) is 10.8. The molecule has 2 aliphatic heterocycles. The maximum Gasteiger partial charge on any atom is 0.410 e. The van der Waals surface area contributed by atoms with Gasteiger partial charge in [-0.3, -0.25) is 0 Å². The van der Waals surface area contributed by atoms with E-state index in [1.54, 1.807) is 43.9 Å². The van der Waals surface area contributed by atoms with Crippen LogP contribution >= 0.6 is 0 Å². The molecule has 3 heterocycles. The van der Waals surface area contributed by atoms with Gasteiger partial charge in [0.05, 0.1) is 10.1 Å². The van der Waals surface area contributed by atoms with Gasteiger partial charge >= 0.3 is 6.09 Å². The van der Waals surface area contributed by atoms with Crippen molar-refractivity contribution in [1.82, 2.24) is 15.2 Å². The highest BCUT2D eigenvalue weighted by Gasteiger charge is 2.34. The first-order valence-electron chi connectivity index (χ1n) is 13.7. The number of nitrogens with zero attached hydrogens (tertiary/aromatic N) is 2. The number of hydrogen-bond acceptors (Lipinski definition) is 7. The summed E-state index contributed by atoms with van der Waals surface area (Å²) in [6, 6.07) is 13.7. The second kappa shape index (κ2) is 10.8. The zero-order valence-corrected chi connectivity index (χ0v) is 24.4. The van der Waals surface area contributed by atoms with Crippen LogP contribution in [0.4, 0.5) is 15.0 Å². The molecule has 2 aromatic carbocycles. The fourth-order valence-corrected chi connectivity index (χ4v) is 7.07. The Morgan fingerprint density at radius 2 is 1.71 bits per heavy atom. The van der Waals surface area contributed by atoms with E-state index in [0.717, 1.165) is 35.4 Å². The molecule has 0 atom stereocenters. The van der Waals surface area contributed by atoms with Crippen LogP contribution < -0.4 is 11.1 Å². The molecule has 41 heavy (non-hydrogen) atoms. The molecule has 10 heteroatoms. The first-order chi connectivity index (χ1) is 19.3. The Morgan fingerprint density at radius 3 is 2.37 bits per heavy atom. The fraction of sp³-hybridized carbons (Fsp3) is 0.355. The zero-order valence-electron chi connectivity index (χ0n) is 23.5. The summed E-state index contributed by atoms with van der Waals surface area (Å²) in [7, 11) is -3.65. The van der Waals surface area contributed by atoms with Gasteiger partial charge in [-0.25, -0.2) is 18.2 Å². The summed E-state index contributed by atoms with van der Waals surface area (Å²) in [5.74, 6) is -0.650. The average molecular weight is 579 g/mol. The van der Waals surface area contributed by atoms with E-state index in [2.05, 4.69) is 16.9 Å². The molecular formula is C31H35FN4O4S. The van der Waals surface area contributed by atoms with Gasteiger partial charge in [-0.2, -0.15) is 4.39 Å². The second-order valence-corrected chi connectivity index (χ2v) is 13.8. The predicted molar refractivity (Wildman–Crippen MR) is 158 cm³/mol. The Labute approximate surface area is 240 Å². The van der Waals surface area contributed by atoms with Crippen molar-refractivity contribution in [3.05, 3.63) is 72.2 Å². The summed E-state index contributed by atoms with van der Waals surface area (Å²) < 4.78 is 47.2. The Morgan fingerprint density at radius 1 is 1.05 bits per heavy atom. The number of rotatable bonds is 4. The normalized spacial score (nSPS) is 16.2. The number of sulfone groups is 1. The van der Waals surface area contributed by atoms with Gasteiger partial charge in [0.15, 0.2) is 9.84 Å². The van der Waals surface area contributed by atoms with Gasteiger partial charge in [0.2, 0.25) is 5.95 Å². The number of carbonyl (C=O) groups excluding carboxylic acids is 1. The number of halogens is 1. The number of nitrogens with two attached hydrogens (primary N) is 1. The lowest BCUT2D eigenvalue weighted by atomic mass is 9.93. The lowest BCUT2D eigenvalue weighted by Crippen LogP contribution is -2.44. The molecule has 1 amide bonds. The van der Waals surface area contributed by atoms with E-state index in [1.165, 1.54) is 12.1 Å². The van der Waals surface area contributed by atoms with Gasteiger partial charge in [-0.15, -0.1) is 0 Å². The van der Waals surface area contributed by atoms with Crippen molar-refractivity contribution in [1.29, 1.82) is 0 Å². The molecule has 1 aromatic heterocycles. The van der Waals surface area contributed by atoms with Gasteiger partial charge in [-0.05, 0) is 74.9 Å². The molecular weight excluding hydrogens is 543 g/mol. The van der Waals surface area contributed by atoms with E-state index < -0.39 is 32.7 Å². The number of carbonyl (C=O) groups is 1. The number of pyridine rings is 1. The van der Waals surface area contributed by atoms with Gasteiger partial charge in [-0.1, -0.05) is 36.9 Å². The molecule has 8 nitrogen and oxygen atoms in total. The Balaban J connectivity index is 1.35. The highest BCUT2D eigenvalue weighted by Crippen LogP contribution is 2.35. The fourth-order valence-electron chi connectivity index (χ4n) is 5.34. The van der Waals surface area contributed by atoms with E-state index in [4.69, 9.17) is 10.5 Å². The number of nitrogen functional groups attached to an aromatic ring is 1. The molecule has 3 aromatic rings. The highest BCUT2D eigenvalue weighted by atomic mass is 32.2. The minimum atomic E-state index is -3.65. The summed E-state index contributed by atoms with van der Waals surface area (Å²) in [6.07, 6.45) is 1.02. The molecule has 5 rings (SSSR count). The summed E-state index contributed by atoms with van der Waals surface area (Å²) in [5, 5.41) is 2.63. The number of hydrogen-bond donors (Lipinski definition) is 2. The van der Waals surface area contributed by atoms with Crippen molar-refractivity contribution in [3.8, 4) is 22.3 Å². The minimum absolute atomic E-state index is 0.0795. The van der Waals surface area contributed by atoms with E-state index >= 15 is 4.39 Å².